The first-order valence-corrected chi connectivity index (χ1v) is 6.96. The molecule has 1 atom stereocenters. The van der Waals surface area contributed by atoms with E-state index in [1.54, 1.807) is 38.3 Å². The predicted octanol–water partition coefficient (Wildman–Crippen LogP) is 0.234. The molecule has 0 radical (unpaired) electrons. The number of nitrogens with one attached hydrogen (secondary N) is 1. The molecule has 22 heavy (non-hydrogen) atoms. The molecular weight excluding hydrogens is 310 g/mol. The number of hydrogen-bond donors (Lipinski definition) is 1. The van der Waals surface area contributed by atoms with E-state index >= 15 is 0 Å². The molecule has 1 heterocycles. The van der Waals surface area contributed by atoms with Crippen LogP contribution >= 0.6 is 11.6 Å². The third-order valence-corrected chi connectivity index (χ3v) is 3.16. The highest BCUT2D eigenvalue weighted by Gasteiger charge is 2.15. The number of para-hydroxylation sites is 1. The van der Waals surface area contributed by atoms with E-state index in [4.69, 9.17) is 16.3 Å². The van der Waals surface area contributed by atoms with Crippen molar-refractivity contribution in [1.82, 2.24) is 25.1 Å². The summed E-state index contributed by atoms with van der Waals surface area (Å²) in [5.74, 6) is -0.349. The molecule has 2 rings (SSSR count). The molecule has 0 spiro atoms. The molecule has 0 aliphatic heterocycles. The average molecular weight is 326 g/mol. The van der Waals surface area contributed by atoms with E-state index < -0.39 is 5.69 Å². The maximum Gasteiger partial charge on any atom is 0.369 e. The Bertz CT molecular complexity index is 712. The van der Waals surface area contributed by atoms with Crippen LogP contribution in [0.25, 0.3) is 5.69 Å². The van der Waals surface area contributed by atoms with Crippen molar-refractivity contribution in [2.45, 2.75) is 19.5 Å². The summed E-state index contributed by atoms with van der Waals surface area (Å²) in [6.07, 6.45) is 0. The largest absolute Gasteiger partial charge is 0.383 e. The highest BCUT2D eigenvalue weighted by molar-refractivity contribution is 6.32. The van der Waals surface area contributed by atoms with E-state index in [1.807, 2.05) is 0 Å². The van der Waals surface area contributed by atoms with E-state index in [1.165, 1.54) is 0 Å². The fraction of sp³-hybridized carbons (Fsp3) is 0.385. The van der Waals surface area contributed by atoms with Crippen LogP contribution in [0.4, 0.5) is 0 Å². The van der Waals surface area contributed by atoms with Gasteiger partial charge >= 0.3 is 5.69 Å². The lowest BCUT2D eigenvalue weighted by atomic mass is 10.3. The van der Waals surface area contributed by atoms with Crippen LogP contribution in [0.1, 0.15) is 6.92 Å². The third-order valence-electron chi connectivity index (χ3n) is 2.84. The average Bonchev–Trinajstić information content (AvgIpc) is 2.81. The number of methoxy groups -OCH3 is 1. The molecule has 2 aromatic rings. The zero-order chi connectivity index (χ0) is 16.1. The Kier molecular flexibility index (Phi) is 5.29. The van der Waals surface area contributed by atoms with Gasteiger partial charge in [0.15, 0.2) is 0 Å². The molecule has 0 aliphatic rings. The molecule has 1 aromatic heterocycles. The number of carbonyl (C=O) groups is 1. The quantitative estimate of drug-likeness (QED) is 0.821. The van der Waals surface area contributed by atoms with Gasteiger partial charge in [-0.15, -0.1) is 0 Å². The fourth-order valence-electron chi connectivity index (χ4n) is 1.90. The summed E-state index contributed by atoms with van der Waals surface area (Å²) in [6.45, 7) is 1.95. The standard InChI is InChI=1S/C13H16ClN5O3/c1-9(8-22-2)15-12(20)7-18-13(21)19(17-16-18)11-6-4-3-5-10(11)14/h3-6,9H,7-8H2,1-2H3,(H,15,20)/t9-/m0/s1. The zero-order valence-corrected chi connectivity index (χ0v) is 12.9. The summed E-state index contributed by atoms with van der Waals surface area (Å²) in [5.41, 5.74) is -0.128. The molecular formula is C13H16ClN5O3. The van der Waals surface area contributed by atoms with Crippen LogP contribution in [0.5, 0.6) is 0 Å². The molecule has 8 nitrogen and oxygen atoms in total. The summed E-state index contributed by atoms with van der Waals surface area (Å²) in [6, 6.07) is 6.59. The van der Waals surface area contributed by atoms with Crippen LogP contribution in [0, 0.1) is 0 Å². The number of carbonyl (C=O) groups excluding carboxylic acids is 1. The molecule has 0 saturated heterocycles. The van der Waals surface area contributed by atoms with Crippen LogP contribution in [-0.4, -0.2) is 45.5 Å². The number of aromatic nitrogens is 4. The van der Waals surface area contributed by atoms with Gasteiger partial charge in [-0.25, -0.2) is 4.79 Å². The topological polar surface area (TPSA) is 91.0 Å². The molecule has 1 aromatic carbocycles. The van der Waals surface area contributed by atoms with Crippen molar-refractivity contribution in [2.75, 3.05) is 13.7 Å². The Morgan fingerprint density at radius 3 is 2.82 bits per heavy atom. The van der Waals surface area contributed by atoms with Crippen molar-refractivity contribution in [3.8, 4) is 5.69 Å². The predicted molar refractivity (Wildman–Crippen MR) is 80.1 cm³/mol. The second-order valence-electron chi connectivity index (χ2n) is 4.71. The Labute approximate surface area is 131 Å². The molecule has 0 bridgehead atoms. The lowest BCUT2D eigenvalue weighted by Crippen LogP contribution is -2.39. The molecule has 1 N–H and O–H groups in total. The number of halogens is 1. The SMILES string of the molecule is COC[C@H](C)NC(=O)Cn1nnn(-c2ccccc2Cl)c1=O. The summed E-state index contributed by atoms with van der Waals surface area (Å²) in [7, 11) is 1.54. The first kappa shape index (κ1) is 16.2. The Balaban J connectivity index is 2.14. The van der Waals surface area contributed by atoms with Gasteiger partial charge in [-0.3, -0.25) is 4.79 Å². The molecule has 0 fully saturated rings. The fourth-order valence-corrected chi connectivity index (χ4v) is 2.11. The summed E-state index contributed by atoms with van der Waals surface area (Å²) in [4.78, 5) is 24.0. The summed E-state index contributed by atoms with van der Waals surface area (Å²) in [5, 5.41) is 10.5. The van der Waals surface area contributed by atoms with Crippen molar-refractivity contribution in [3.63, 3.8) is 0 Å². The highest BCUT2D eigenvalue weighted by Crippen LogP contribution is 2.16. The first-order valence-electron chi connectivity index (χ1n) is 6.59. The summed E-state index contributed by atoms with van der Waals surface area (Å²) < 4.78 is 6.94. The second kappa shape index (κ2) is 7.19. The Morgan fingerprint density at radius 1 is 1.41 bits per heavy atom. The van der Waals surface area contributed by atoms with Gasteiger partial charge < -0.3 is 10.1 Å². The van der Waals surface area contributed by atoms with Crippen molar-refractivity contribution in [2.24, 2.45) is 0 Å². The van der Waals surface area contributed by atoms with Gasteiger partial charge in [0.2, 0.25) is 5.91 Å². The number of ether oxygens (including phenoxy) is 1. The number of tetrazole rings is 1. The van der Waals surface area contributed by atoms with Crippen LogP contribution in [0.3, 0.4) is 0 Å². The van der Waals surface area contributed by atoms with Gasteiger partial charge in [-0.05, 0) is 29.5 Å². The minimum Gasteiger partial charge on any atom is -0.383 e. The van der Waals surface area contributed by atoms with Crippen LogP contribution in [-0.2, 0) is 16.1 Å². The van der Waals surface area contributed by atoms with Gasteiger partial charge in [0.1, 0.15) is 6.54 Å². The Hall–Kier alpha value is -2.19. The highest BCUT2D eigenvalue weighted by atomic mass is 35.5. The number of rotatable bonds is 6. The van der Waals surface area contributed by atoms with Crippen LogP contribution < -0.4 is 11.0 Å². The van der Waals surface area contributed by atoms with E-state index in [9.17, 15) is 9.59 Å². The lowest BCUT2D eigenvalue weighted by molar-refractivity contribution is -0.122. The van der Waals surface area contributed by atoms with Gasteiger partial charge in [0, 0.05) is 13.2 Å². The van der Waals surface area contributed by atoms with E-state index in [0.717, 1.165) is 9.36 Å². The van der Waals surface area contributed by atoms with E-state index in [2.05, 4.69) is 15.7 Å². The monoisotopic (exact) mass is 325 g/mol. The molecule has 0 unspecified atom stereocenters. The maximum atomic E-state index is 12.2. The van der Waals surface area contributed by atoms with Gasteiger partial charge in [-0.1, -0.05) is 23.7 Å². The van der Waals surface area contributed by atoms with Crippen LogP contribution in [0.15, 0.2) is 29.1 Å². The number of amides is 1. The first-order chi connectivity index (χ1) is 10.5. The smallest absolute Gasteiger partial charge is 0.369 e. The number of hydrogen-bond acceptors (Lipinski definition) is 5. The maximum absolute atomic E-state index is 12.2. The van der Waals surface area contributed by atoms with Gasteiger partial charge in [-0.2, -0.15) is 9.36 Å². The number of benzene rings is 1. The lowest BCUT2D eigenvalue weighted by Gasteiger charge is -2.11. The molecule has 118 valence electrons. The third kappa shape index (κ3) is 3.71. The molecule has 1 amide bonds. The van der Waals surface area contributed by atoms with E-state index in [-0.39, 0.29) is 18.5 Å². The summed E-state index contributed by atoms with van der Waals surface area (Å²) >= 11 is 6.02. The van der Waals surface area contributed by atoms with Crippen molar-refractivity contribution >= 4 is 17.5 Å². The minimum absolute atomic E-state index is 0.160. The van der Waals surface area contributed by atoms with Gasteiger partial charge in [0.05, 0.1) is 17.3 Å². The number of nitrogens with zero attached hydrogens (tertiary/aromatic N) is 4. The Morgan fingerprint density at radius 2 is 2.14 bits per heavy atom. The van der Waals surface area contributed by atoms with Crippen molar-refractivity contribution in [3.05, 3.63) is 39.8 Å². The van der Waals surface area contributed by atoms with E-state index in [0.29, 0.717) is 17.3 Å². The molecule has 0 saturated carbocycles. The zero-order valence-electron chi connectivity index (χ0n) is 12.2. The minimum atomic E-state index is -0.539. The molecule has 9 heteroatoms. The van der Waals surface area contributed by atoms with Crippen molar-refractivity contribution < 1.29 is 9.53 Å². The normalized spacial score (nSPS) is 12.1. The van der Waals surface area contributed by atoms with Crippen molar-refractivity contribution in [1.29, 1.82) is 0 Å². The van der Waals surface area contributed by atoms with Crippen LogP contribution in [0.2, 0.25) is 5.02 Å². The molecule has 0 aliphatic carbocycles. The van der Waals surface area contributed by atoms with Gasteiger partial charge in [0.25, 0.3) is 0 Å². The second-order valence-corrected chi connectivity index (χ2v) is 5.11.